The standard InChI is InChI=1S/C15H16Cl2N2O4/c1-9(20)18-10-3-5-11(6-4-10)19-12(21)7-23-13(22)14(2)8-15(14,16)17/h3-6H,7-8H2,1-2H3,(H,18,20)(H,19,21). The summed E-state index contributed by atoms with van der Waals surface area (Å²) in [6, 6.07) is 6.53. The fourth-order valence-electron chi connectivity index (χ4n) is 1.95. The van der Waals surface area contributed by atoms with Gasteiger partial charge in [-0.15, -0.1) is 23.2 Å². The molecule has 1 aliphatic carbocycles. The summed E-state index contributed by atoms with van der Waals surface area (Å²) in [6.07, 6.45) is 0.300. The second-order valence-corrected chi connectivity index (χ2v) is 7.08. The zero-order valence-electron chi connectivity index (χ0n) is 12.6. The fraction of sp³-hybridized carbons (Fsp3) is 0.400. The predicted molar refractivity (Wildman–Crippen MR) is 87.5 cm³/mol. The Bertz CT molecular complexity index is 645. The molecule has 2 amide bonds. The third kappa shape index (κ3) is 4.14. The van der Waals surface area contributed by atoms with Crippen LogP contribution in [-0.2, 0) is 19.1 Å². The number of hydrogen-bond donors (Lipinski definition) is 2. The summed E-state index contributed by atoms with van der Waals surface area (Å²) in [4.78, 5) is 34.5. The van der Waals surface area contributed by atoms with Crippen molar-refractivity contribution >= 4 is 52.4 Å². The Kier molecular flexibility index (Phi) is 4.87. The van der Waals surface area contributed by atoms with Crippen LogP contribution < -0.4 is 10.6 Å². The molecule has 0 bridgehead atoms. The molecule has 2 rings (SSSR count). The smallest absolute Gasteiger partial charge is 0.315 e. The van der Waals surface area contributed by atoms with E-state index in [0.29, 0.717) is 17.8 Å². The van der Waals surface area contributed by atoms with Gasteiger partial charge in [0.05, 0.1) is 0 Å². The molecule has 0 spiro atoms. The molecule has 6 nitrogen and oxygen atoms in total. The second-order valence-electron chi connectivity index (χ2n) is 5.60. The van der Waals surface area contributed by atoms with Gasteiger partial charge in [-0.3, -0.25) is 14.4 Å². The third-order valence-corrected chi connectivity index (χ3v) is 4.63. The molecule has 0 radical (unpaired) electrons. The number of carbonyl (C=O) groups is 3. The monoisotopic (exact) mass is 358 g/mol. The highest BCUT2D eigenvalue weighted by atomic mass is 35.5. The lowest BCUT2D eigenvalue weighted by atomic mass is 10.1. The number of hydrogen-bond acceptors (Lipinski definition) is 4. The van der Waals surface area contributed by atoms with Gasteiger partial charge in [0.25, 0.3) is 5.91 Å². The van der Waals surface area contributed by atoms with Crippen molar-refractivity contribution in [2.24, 2.45) is 5.41 Å². The van der Waals surface area contributed by atoms with Gasteiger partial charge in [-0.05, 0) is 31.2 Å². The van der Waals surface area contributed by atoms with Crippen LogP contribution in [0.4, 0.5) is 11.4 Å². The summed E-state index contributed by atoms with van der Waals surface area (Å²) in [7, 11) is 0. The Morgan fingerprint density at radius 1 is 1.13 bits per heavy atom. The van der Waals surface area contributed by atoms with Crippen molar-refractivity contribution in [2.75, 3.05) is 17.2 Å². The van der Waals surface area contributed by atoms with E-state index in [9.17, 15) is 14.4 Å². The number of rotatable bonds is 5. The Morgan fingerprint density at radius 3 is 2.04 bits per heavy atom. The van der Waals surface area contributed by atoms with Crippen molar-refractivity contribution in [3.05, 3.63) is 24.3 Å². The van der Waals surface area contributed by atoms with Gasteiger partial charge in [0, 0.05) is 24.7 Å². The molecule has 8 heteroatoms. The minimum Gasteiger partial charge on any atom is -0.455 e. The van der Waals surface area contributed by atoms with Crippen LogP contribution in [0.25, 0.3) is 0 Å². The summed E-state index contributed by atoms with van der Waals surface area (Å²) in [5.41, 5.74) is 0.169. The maximum atomic E-state index is 11.8. The number of anilines is 2. The molecule has 1 aromatic rings. The lowest BCUT2D eigenvalue weighted by Crippen LogP contribution is -2.26. The predicted octanol–water partition coefficient (Wildman–Crippen LogP) is 2.71. The van der Waals surface area contributed by atoms with Gasteiger partial charge < -0.3 is 15.4 Å². The average molecular weight is 359 g/mol. The molecule has 1 saturated carbocycles. The number of halogens is 2. The Hall–Kier alpha value is -1.79. The van der Waals surface area contributed by atoms with Crippen molar-refractivity contribution in [1.82, 2.24) is 0 Å². The van der Waals surface area contributed by atoms with Crippen LogP contribution >= 0.6 is 23.2 Å². The molecule has 1 atom stereocenters. The van der Waals surface area contributed by atoms with Gasteiger partial charge in [-0.1, -0.05) is 0 Å². The SMILES string of the molecule is CC(=O)Nc1ccc(NC(=O)COC(=O)C2(C)CC2(Cl)Cl)cc1. The average Bonchev–Trinajstić information content (AvgIpc) is 2.98. The highest BCUT2D eigenvalue weighted by molar-refractivity contribution is 6.53. The molecule has 23 heavy (non-hydrogen) atoms. The lowest BCUT2D eigenvalue weighted by molar-refractivity contribution is -0.152. The van der Waals surface area contributed by atoms with Gasteiger partial charge in [-0.25, -0.2) is 0 Å². The number of carbonyl (C=O) groups excluding carboxylic acids is 3. The Morgan fingerprint density at radius 2 is 1.61 bits per heavy atom. The molecule has 1 unspecified atom stereocenters. The number of esters is 1. The summed E-state index contributed by atoms with van der Waals surface area (Å²) in [5.74, 6) is -1.26. The number of benzene rings is 1. The van der Waals surface area contributed by atoms with Gasteiger partial charge in [0.2, 0.25) is 5.91 Å². The largest absolute Gasteiger partial charge is 0.455 e. The van der Waals surface area contributed by atoms with Gasteiger partial charge >= 0.3 is 5.97 Å². The normalized spacial score (nSPS) is 21.2. The molecule has 0 saturated heterocycles. The van der Waals surface area contributed by atoms with E-state index in [1.54, 1.807) is 31.2 Å². The molecular weight excluding hydrogens is 343 g/mol. The first-order valence-corrected chi connectivity index (χ1v) is 7.62. The van der Waals surface area contributed by atoms with E-state index in [2.05, 4.69) is 10.6 Å². The summed E-state index contributed by atoms with van der Waals surface area (Å²) in [5, 5.41) is 5.19. The van der Waals surface area contributed by atoms with Crippen molar-refractivity contribution in [3.63, 3.8) is 0 Å². The summed E-state index contributed by atoms with van der Waals surface area (Å²) in [6.45, 7) is 2.57. The Balaban J connectivity index is 1.81. The van der Waals surface area contributed by atoms with E-state index in [0.717, 1.165) is 0 Å². The van der Waals surface area contributed by atoms with Crippen molar-refractivity contribution in [1.29, 1.82) is 0 Å². The van der Waals surface area contributed by atoms with Crippen LogP contribution in [0, 0.1) is 5.41 Å². The topological polar surface area (TPSA) is 84.5 Å². The first-order chi connectivity index (χ1) is 10.6. The number of amides is 2. The van der Waals surface area contributed by atoms with E-state index in [1.165, 1.54) is 6.92 Å². The van der Waals surface area contributed by atoms with E-state index in [1.807, 2.05) is 0 Å². The molecule has 0 heterocycles. The van der Waals surface area contributed by atoms with Crippen molar-refractivity contribution in [2.45, 2.75) is 24.6 Å². The van der Waals surface area contributed by atoms with Crippen LogP contribution in [0.1, 0.15) is 20.3 Å². The van der Waals surface area contributed by atoms with E-state index in [-0.39, 0.29) is 5.91 Å². The van der Waals surface area contributed by atoms with Crippen molar-refractivity contribution < 1.29 is 19.1 Å². The number of alkyl halides is 2. The maximum Gasteiger partial charge on any atom is 0.315 e. The van der Waals surface area contributed by atoms with E-state index < -0.39 is 28.2 Å². The molecule has 1 fully saturated rings. The summed E-state index contributed by atoms with van der Waals surface area (Å²) < 4.78 is 3.81. The molecular formula is C15H16Cl2N2O4. The van der Waals surface area contributed by atoms with Gasteiger partial charge in [0.1, 0.15) is 9.75 Å². The lowest BCUT2D eigenvalue weighted by Gasteiger charge is -2.12. The minimum atomic E-state index is -1.12. The first-order valence-electron chi connectivity index (χ1n) is 6.87. The highest BCUT2D eigenvalue weighted by Gasteiger charge is 2.69. The maximum absolute atomic E-state index is 11.8. The van der Waals surface area contributed by atoms with Crippen LogP contribution in [0.2, 0.25) is 0 Å². The quantitative estimate of drug-likeness (QED) is 0.625. The molecule has 2 N–H and O–H groups in total. The number of ether oxygens (including phenoxy) is 1. The zero-order chi connectivity index (χ0) is 17.3. The van der Waals surface area contributed by atoms with Crippen LogP contribution in [0.5, 0.6) is 0 Å². The van der Waals surface area contributed by atoms with Gasteiger partial charge in [0.15, 0.2) is 6.61 Å². The molecule has 0 aromatic heterocycles. The third-order valence-electron chi connectivity index (χ3n) is 3.53. The van der Waals surface area contributed by atoms with Crippen LogP contribution in [0.3, 0.4) is 0 Å². The molecule has 1 aliphatic rings. The molecule has 124 valence electrons. The highest BCUT2D eigenvalue weighted by Crippen LogP contribution is 2.64. The minimum absolute atomic E-state index is 0.183. The summed E-state index contributed by atoms with van der Waals surface area (Å²) >= 11 is 11.7. The van der Waals surface area contributed by atoms with Gasteiger partial charge in [-0.2, -0.15) is 0 Å². The molecule has 0 aliphatic heterocycles. The first kappa shape index (κ1) is 17.6. The van der Waals surface area contributed by atoms with Crippen LogP contribution in [0.15, 0.2) is 24.3 Å². The Labute approximate surface area is 143 Å². The molecule has 1 aromatic carbocycles. The van der Waals surface area contributed by atoms with E-state index >= 15 is 0 Å². The number of nitrogens with one attached hydrogen (secondary N) is 2. The van der Waals surface area contributed by atoms with Crippen molar-refractivity contribution in [3.8, 4) is 0 Å². The van der Waals surface area contributed by atoms with Crippen LogP contribution in [-0.4, -0.2) is 28.7 Å². The zero-order valence-corrected chi connectivity index (χ0v) is 14.1. The second kappa shape index (κ2) is 6.37. The van der Waals surface area contributed by atoms with E-state index in [4.69, 9.17) is 27.9 Å². The fourth-order valence-corrected chi connectivity index (χ4v) is 2.64.